The largest absolute Gasteiger partial charge is 0.285 e. The van der Waals surface area contributed by atoms with Crippen molar-refractivity contribution in [2.75, 3.05) is 0 Å². The summed E-state index contributed by atoms with van der Waals surface area (Å²) in [5.74, 6) is -0.346. The van der Waals surface area contributed by atoms with Gasteiger partial charge in [-0.1, -0.05) is 42.5 Å². The van der Waals surface area contributed by atoms with Gasteiger partial charge in [-0.15, -0.1) is 0 Å². The zero-order chi connectivity index (χ0) is 14.3. The van der Waals surface area contributed by atoms with E-state index in [9.17, 15) is 10.0 Å². The Balaban J connectivity index is 1.97. The lowest BCUT2D eigenvalue weighted by atomic mass is 10.00. The van der Waals surface area contributed by atoms with Crippen LogP contribution in [0.2, 0.25) is 0 Å². The van der Waals surface area contributed by atoms with Crippen LogP contribution in [0.1, 0.15) is 36.6 Å². The molecule has 1 amide bonds. The first kappa shape index (κ1) is 12.9. The number of carbonyl (C=O) groups is 1. The van der Waals surface area contributed by atoms with Gasteiger partial charge in [0.1, 0.15) is 0 Å². The fourth-order valence-electron chi connectivity index (χ4n) is 2.84. The summed E-state index contributed by atoms with van der Waals surface area (Å²) in [6.07, 6.45) is 0.914. The van der Waals surface area contributed by atoms with Crippen molar-refractivity contribution in [3.05, 3.63) is 59.2 Å². The molecule has 102 valence electrons. The number of benzene rings is 2. The lowest BCUT2D eigenvalue weighted by Gasteiger charge is -2.22. The Labute approximate surface area is 118 Å². The van der Waals surface area contributed by atoms with Gasteiger partial charge in [0.15, 0.2) is 0 Å². The van der Waals surface area contributed by atoms with Crippen molar-refractivity contribution < 1.29 is 10.0 Å². The van der Waals surface area contributed by atoms with Crippen LogP contribution in [-0.4, -0.2) is 16.2 Å². The van der Waals surface area contributed by atoms with E-state index in [-0.39, 0.29) is 11.9 Å². The normalized spacial score (nSPS) is 13.6. The van der Waals surface area contributed by atoms with E-state index in [4.69, 9.17) is 0 Å². The van der Waals surface area contributed by atoms with Gasteiger partial charge >= 0.3 is 0 Å². The van der Waals surface area contributed by atoms with Crippen molar-refractivity contribution in [1.29, 1.82) is 0 Å². The first-order valence-corrected chi connectivity index (χ1v) is 6.77. The highest BCUT2D eigenvalue weighted by Crippen LogP contribution is 2.37. The van der Waals surface area contributed by atoms with Gasteiger partial charge in [0, 0.05) is 6.92 Å². The number of amides is 1. The third-order valence-electron chi connectivity index (χ3n) is 3.99. The number of rotatable bonds is 2. The van der Waals surface area contributed by atoms with Crippen LogP contribution >= 0.6 is 0 Å². The molecule has 3 nitrogen and oxygen atoms in total. The molecule has 1 N–H and O–H groups in total. The quantitative estimate of drug-likeness (QED) is 0.569. The number of hydrogen-bond donors (Lipinski definition) is 1. The molecule has 20 heavy (non-hydrogen) atoms. The molecule has 0 aromatic heterocycles. The van der Waals surface area contributed by atoms with Crippen LogP contribution in [-0.2, 0) is 11.2 Å². The van der Waals surface area contributed by atoms with Crippen molar-refractivity contribution in [3.63, 3.8) is 0 Å². The number of carbonyl (C=O) groups excluding carboxylic acids is 1. The SMILES string of the molecule is CC(=O)N(O)C(C)c1ccc2c(c1)Cc1ccccc1-2. The van der Waals surface area contributed by atoms with Crippen LogP contribution in [0.3, 0.4) is 0 Å². The van der Waals surface area contributed by atoms with E-state index >= 15 is 0 Å². The monoisotopic (exact) mass is 267 g/mol. The summed E-state index contributed by atoms with van der Waals surface area (Å²) in [4.78, 5) is 11.2. The van der Waals surface area contributed by atoms with Crippen molar-refractivity contribution in [1.82, 2.24) is 5.06 Å². The van der Waals surface area contributed by atoms with Crippen molar-refractivity contribution in [2.24, 2.45) is 0 Å². The van der Waals surface area contributed by atoms with Crippen LogP contribution in [0.15, 0.2) is 42.5 Å². The average molecular weight is 267 g/mol. The van der Waals surface area contributed by atoms with E-state index < -0.39 is 0 Å². The highest BCUT2D eigenvalue weighted by atomic mass is 16.5. The minimum absolute atomic E-state index is 0.332. The molecule has 1 unspecified atom stereocenters. The molecule has 3 rings (SSSR count). The first-order valence-electron chi connectivity index (χ1n) is 6.77. The summed E-state index contributed by atoms with van der Waals surface area (Å²) in [5, 5.41) is 10.5. The minimum atomic E-state index is -0.346. The smallest absolute Gasteiger partial charge is 0.243 e. The Bertz CT molecular complexity index is 678. The molecule has 0 bridgehead atoms. The molecular weight excluding hydrogens is 250 g/mol. The van der Waals surface area contributed by atoms with Gasteiger partial charge in [0.05, 0.1) is 6.04 Å². The lowest BCUT2D eigenvalue weighted by molar-refractivity contribution is -0.172. The molecule has 0 saturated carbocycles. The van der Waals surface area contributed by atoms with Gasteiger partial charge in [-0.05, 0) is 41.2 Å². The summed E-state index contributed by atoms with van der Waals surface area (Å²) < 4.78 is 0. The van der Waals surface area contributed by atoms with E-state index in [1.807, 2.05) is 13.0 Å². The van der Waals surface area contributed by atoms with Crippen molar-refractivity contribution >= 4 is 5.91 Å². The van der Waals surface area contributed by atoms with E-state index in [0.717, 1.165) is 17.0 Å². The maximum absolute atomic E-state index is 11.2. The van der Waals surface area contributed by atoms with Gasteiger partial charge in [-0.3, -0.25) is 10.0 Å². The Morgan fingerprint density at radius 1 is 1.15 bits per heavy atom. The molecule has 0 radical (unpaired) electrons. The fourth-order valence-corrected chi connectivity index (χ4v) is 2.84. The van der Waals surface area contributed by atoms with Gasteiger partial charge in [-0.2, -0.15) is 0 Å². The average Bonchev–Trinajstić information content (AvgIpc) is 2.83. The third kappa shape index (κ3) is 2.00. The summed E-state index contributed by atoms with van der Waals surface area (Å²) >= 11 is 0. The predicted molar refractivity (Wildman–Crippen MR) is 77.4 cm³/mol. The lowest BCUT2D eigenvalue weighted by Crippen LogP contribution is -2.27. The molecule has 0 saturated heterocycles. The van der Waals surface area contributed by atoms with Crippen LogP contribution in [0.5, 0.6) is 0 Å². The van der Waals surface area contributed by atoms with E-state index in [1.54, 1.807) is 0 Å². The molecule has 1 atom stereocenters. The molecular formula is C17H17NO2. The van der Waals surface area contributed by atoms with Crippen LogP contribution in [0, 0.1) is 0 Å². The molecule has 1 aliphatic carbocycles. The minimum Gasteiger partial charge on any atom is -0.285 e. The number of hydroxylamine groups is 2. The number of fused-ring (bicyclic) bond motifs is 3. The second-order valence-corrected chi connectivity index (χ2v) is 5.29. The summed E-state index contributed by atoms with van der Waals surface area (Å²) in [6, 6.07) is 14.2. The topological polar surface area (TPSA) is 40.5 Å². The highest BCUT2D eigenvalue weighted by Gasteiger charge is 2.21. The third-order valence-corrected chi connectivity index (χ3v) is 3.99. The summed E-state index contributed by atoms with van der Waals surface area (Å²) in [5.41, 5.74) is 6.08. The molecule has 0 spiro atoms. The molecule has 2 aromatic rings. The van der Waals surface area contributed by atoms with Gasteiger partial charge in [0.25, 0.3) is 0 Å². The maximum atomic E-state index is 11.2. The van der Waals surface area contributed by atoms with Crippen LogP contribution < -0.4 is 0 Å². The zero-order valence-electron chi connectivity index (χ0n) is 11.6. The first-order chi connectivity index (χ1) is 9.58. The van der Waals surface area contributed by atoms with E-state index in [2.05, 4.69) is 36.4 Å². The zero-order valence-corrected chi connectivity index (χ0v) is 11.6. The van der Waals surface area contributed by atoms with Crippen molar-refractivity contribution in [2.45, 2.75) is 26.3 Å². The Morgan fingerprint density at radius 2 is 1.85 bits per heavy atom. The van der Waals surface area contributed by atoms with E-state index in [1.165, 1.54) is 29.2 Å². The molecule has 0 aliphatic heterocycles. The second-order valence-electron chi connectivity index (χ2n) is 5.29. The second kappa shape index (κ2) is 4.76. The number of hydrogen-bond acceptors (Lipinski definition) is 2. The Morgan fingerprint density at radius 3 is 2.60 bits per heavy atom. The number of nitrogens with zero attached hydrogens (tertiary/aromatic N) is 1. The Kier molecular flexibility index (Phi) is 3.07. The van der Waals surface area contributed by atoms with Crippen LogP contribution in [0.4, 0.5) is 0 Å². The Hall–Kier alpha value is -2.13. The van der Waals surface area contributed by atoms with E-state index in [0.29, 0.717) is 0 Å². The molecule has 1 aliphatic rings. The predicted octanol–water partition coefficient (Wildman–Crippen LogP) is 3.56. The maximum Gasteiger partial charge on any atom is 0.243 e. The van der Waals surface area contributed by atoms with Gasteiger partial charge in [-0.25, -0.2) is 5.06 Å². The molecule has 0 heterocycles. The van der Waals surface area contributed by atoms with Gasteiger partial charge in [0.2, 0.25) is 5.91 Å². The summed E-state index contributed by atoms with van der Waals surface area (Å²) in [6.45, 7) is 3.19. The van der Waals surface area contributed by atoms with Crippen molar-refractivity contribution in [3.8, 4) is 11.1 Å². The van der Waals surface area contributed by atoms with Crippen LogP contribution in [0.25, 0.3) is 11.1 Å². The van der Waals surface area contributed by atoms with Gasteiger partial charge < -0.3 is 0 Å². The highest BCUT2D eigenvalue weighted by molar-refractivity contribution is 5.77. The molecule has 3 heteroatoms. The standard InChI is InChI=1S/C17H17NO2/c1-11(18(20)12(2)19)13-7-8-17-15(9-13)10-14-5-3-4-6-16(14)17/h3-9,11,20H,10H2,1-2H3. The molecule has 2 aromatic carbocycles. The molecule has 0 fully saturated rings. The fraction of sp³-hybridized carbons (Fsp3) is 0.235. The summed E-state index contributed by atoms with van der Waals surface area (Å²) in [7, 11) is 0.